The molecule has 10 heteroatoms. The number of aliphatic hydroxyl groups excluding tert-OH is 3. The molecule has 1 saturated heterocycles. The van der Waals surface area contributed by atoms with Crippen molar-refractivity contribution in [2.24, 2.45) is 0 Å². The number of aromatic amines is 1. The summed E-state index contributed by atoms with van der Waals surface area (Å²) in [5.41, 5.74) is 4.75. The summed E-state index contributed by atoms with van der Waals surface area (Å²) in [7, 11) is 0. The predicted octanol–water partition coefficient (Wildman–Crippen LogP) is -2.93. The van der Waals surface area contributed by atoms with E-state index in [1.54, 1.807) is 0 Å². The lowest BCUT2D eigenvalue weighted by atomic mass is 10.1. The molecule has 4 atom stereocenters. The zero-order valence-electron chi connectivity index (χ0n) is 9.60. The largest absolute Gasteiger partial charge is 0.394 e. The topological polar surface area (TPSA) is 162 Å². The second kappa shape index (κ2) is 6.04. The first kappa shape index (κ1) is 15.5. The highest BCUT2D eigenvalue weighted by Crippen LogP contribution is 2.30. The Balaban J connectivity index is 0.000000200. The van der Waals surface area contributed by atoms with Gasteiger partial charge in [0.1, 0.15) is 18.0 Å². The number of anilines is 1. The van der Waals surface area contributed by atoms with Gasteiger partial charge >= 0.3 is 5.69 Å². The molecule has 1 unspecified atom stereocenters. The molecule has 2 rings (SSSR count). The van der Waals surface area contributed by atoms with Gasteiger partial charge in [0.05, 0.1) is 6.61 Å². The van der Waals surface area contributed by atoms with Crippen molar-refractivity contribution in [2.75, 3.05) is 12.3 Å². The van der Waals surface area contributed by atoms with E-state index < -0.39 is 36.6 Å². The Morgan fingerprint density at radius 3 is 2.47 bits per heavy atom. The number of H-pyrrole nitrogens is 1. The zero-order valence-corrected chi connectivity index (χ0v) is 9.60. The SMILES string of the molecule is Nc1ccnc(=O)[nH]1.OC[C@H]1OC(O)[C@@](O)(F)[C@@H]1O. The average molecular weight is 279 g/mol. The number of hydrogen-bond donors (Lipinski definition) is 6. The van der Waals surface area contributed by atoms with E-state index in [1.165, 1.54) is 12.3 Å². The smallest absolute Gasteiger partial charge is 0.346 e. The number of alkyl halides is 1. The van der Waals surface area contributed by atoms with Gasteiger partial charge in [0.15, 0.2) is 0 Å². The number of nitrogens with zero attached hydrogens (tertiary/aromatic N) is 1. The summed E-state index contributed by atoms with van der Waals surface area (Å²) in [6, 6.07) is 1.52. The number of hydrogen-bond acceptors (Lipinski definition) is 8. The lowest BCUT2D eigenvalue weighted by Crippen LogP contribution is -2.44. The van der Waals surface area contributed by atoms with Crippen LogP contribution in [0.15, 0.2) is 17.1 Å². The lowest BCUT2D eigenvalue weighted by Gasteiger charge is -2.17. The molecule has 1 aromatic rings. The van der Waals surface area contributed by atoms with Gasteiger partial charge in [-0.05, 0) is 6.07 Å². The Hall–Kier alpha value is -1.59. The molecule has 7 N–H and O–H groups in total. The van der Waals surface area contributed by atoms with Gasteiger partial charge < -0.3 is 30.9 Å². The maximum Gasteiger partial charge on any atom is 0.346 e. The highest BCUT2D eigenvalue weighted by atomic mass is 19.2. The van der Waals surface area contributed by atoms with Crippen molar-refractivity contribution in [3.63, 3.8) is 0 Å². The minimum atomic E-state index is -3.19. The molecule has 1 aromatic heterocycles. The Bertz CT molecular complexity index is 467. The Morgan fingerprint density at radius 2 is 2.21 bits per heavy atom. The van der Waals surface area contributed by atoms with Gasteiger partial charge in [-0.1, -0.05) is 0 Å². The zero-order chi connectivity index (χ0) is 14.6. The molecule has 0 amide bonds. The monoisotopic (exact) mass is 279 g/mol. The van der Waals surface area contributed by atoms with Crippen LogP contribution in [0.4, 0.5) is 10.2 Å². The summed E-state index contributed by atoms with van der Waals surface area (Å²) in [4.78, 5) is 15.9. The summed E-state index contributed by atoms with van der Waals surface area (Å²) in [5.74, 6) is -2.85. The van der Waals surface area contributed by atoms with Gasteiger partial charge in [0, 0.05) is 6.20 Å². The van der Waals surface area contributed by atoms with Gasteiger partial charge in [-0.15, -0.1) is 0 Å². The molecule has 0 spiro atoms. The second-order valence-corrected chi connectivity index (χ2v) is 3.71. The quantitative estimate of drug-likeness (QED) is 0.318. The van der Waals surface area contributed by atoms with E-state index in [4.69, 9.17) is 26.2 Å². The molecule has 1 fully saturated rings. The van der Waals surface area contributed by atoms with E-state index >= 15 is 0 Å². The van der Waals surface area contributed by atoms with Crippen molar-refractivity contribution in [1.82, 2.24) is 9.97 Å². The number of aliphatic hydroxyl groups is 4. The van der Waals surface area contributed by atoms with Gasteiger partial charge in [0.25, 0.3) is 5.85 Å². The number of nitrogens with two attached hydrogens (primary N) is 1. The van der Waals surface area contributed by atoms with E-state index in [9.17, 15) is 9.18 Å². The summed E-state index contributed by atoms with van der Waals surface area (Å²) in [5, 5.41) is 34.5. The molecule has 1 aliphatic heterocycles. The predicted molar refractivity (Wildman–Crippen MR) is 59.3 cm³/mol. The first-order valence-corrected chi connectivity index (χ1v) is 5.13. The standard InChI is InChI=1S/C5H9FO5.C4H5N3O/c6-5(10)3(8)2(1-7)11-4(5)9;5-3-1-2-6-4(8)7-3/h2-4,7-10H,1H2;1-2H,(H3,5,6,7,8)/t2-,3-,4?,5-;/m1./s1. The van der Waals surface area contributed by atoms with E-state index in [-0.39, 0.29) is 0 Å². The van der Waals surface area contributed by atoms with Crippen LogP contribution in [0.5, 0.6) is 0 Å². The normalized spacial score (nSPS) is 33.6. The van der Waals surface area contributed by atoms with Crippen LogP contribution < -0.4 is 11.4 Å². The molecular weight excluding hydrogens is 265 g/mol. The number of rotatable bonds is 1. The van der Waals surface area contributed by atoms with E-state index in [2.05, 4.69) is 14.7 Å². The summed E-state index contributed by atoms with van der Waals surface area (Å²) in [6.07, 6.45) is -3.94. The number of halogens is 1. The Labute approximate surface area is 106 Å². The highest BCUT2D eigenvalue weighted by molar-refractivity contribution is 5.22. The molecule has 9 nitrogen and oxygen atoms in total. The first-order valence-electron chi connectivity index (χ1n) is 5.13. The van der Waals surface area contributed by atoms with Crippen LogP contribution in [0, 0.1) is 0 Å². The Kier molecular flexibility index (Phi) is 4.91. The summed E-state index contributed by atoms with van der Waals surface area (Å²) >= 11 is 0. The fourth-order valence-corrected chi connectivity index (χ4v) is 1.27. The molecule has 1 aliphatic rings. The highest BCUT2D eigenvalue weighted by Gasteiger charge is 2.55. The first-order chi connectivity index (χ1) is 8.78. The average Bonchev–Trinajstić information content (AvgIpc) is 2.53. The van der Waals surface area contributed by atoms with Crippen molar-refractivity contribution in [2.45, 2.75) is 24.4 Å². The van der Waals surface area contributed by atoms with Crippen LogP contribution in [0.1, 0.15) is 0 Å². The fourth-order valence-electron chi connectivity index (χ4n) is 1.27. The van der Waals surface area contributed by atoms with E-state index in [1.807, 2.05) is 0 Å². The van der Waals surface area contributed by atoms with Crippen LogP contribution in [0.3, 0.4) is 0 Å². The Morgan fingerprint density at radius 1 is 1.58 bits per heavy atom. The third-order valence-corrected chi connectivity index (χ3v) is 2.29. The molecule has 19 heavy (non-hydrogen) atoms. The summed E-state index contributed by atoms with van der Waals surface area (Å²) < 4.78 is 16.9. The molecule has 0 saturated carbocycles. The molecule has 0 bridgehead atoms. The minimum absolute atomic E-state index is 0.338. The third kappa shape index (κ3) is 3.68. The van der Waals surface area contributed by atoms with Crippen molar-refractivity contribution in [3.8, 4) is 0 Å². The van der Waals surface area contributed by atoms with Gasteiger partial charge in [-0.2, -0.15) is 0 Å². The third-order valence-electron chi connectivity index (χ3n) is 2.29. The number of nitrogens with one attached hydrogen (secondary N) is 1. The van der Waals surface area contributed by atoms with Crippen LogP contribution in [-0.2, 0) is 4.74 Å². The number of ether oxygens (including phenoxy) is 1. The van der Waals surface area contributed by atoms with Crippen LogP contribution in [0.25, 0.3) is 0 Å². The van der Waals surface area contributed by atoms with Crippen molar-refractivity contribution in [1.29, 1.82) is 0 Å². The fraction of sp³-hybridized carbons (Fsp3) is 0.556. The van der Waals surface area contributed by atoms with Gasteiger partial charge in [-0.3, -0.25) is 4.98 Å². The number of aromatic nitrogens is 2. The van der Waals surface area contributed by atoms with Gasteiger partial charge in [-0.25, -0.2) is 14.2 Å². The molecule has 0 aliphatic carbocycles. The van der Waals surface area contributed by atoms with E-state index in [0.29, 0.717) is 5.82 Å². The minimum Gasteiger partial charge on any atom is -0.394 e. The van der Waals surface area contributed by atoms with Crippen LogP contribution >= 0.6 is 0 Å². The van der Waals surface area contributed by atoms with Crippen molar-refractivity contribution >= 4 is 5.82 Å². The molecule has 0 aromatic carbocycles. The molecule has 108 valence electrons. The van der Waals surface area contributed by atoms with Crippen LogP contribution in [0.2, 0.25) is 0 Å². The maximum atomic E-state index is 12.7. The van der Waals surface area contributed by atoms with Crippen LogP contribution in [-0.4, -0.2) is 61.4 Å². The molecule has 2 heterocycles. The van der Waals surface area contributed by atoms with Crippen molar-refractivity contribution in [3.05, 3.63) is 22.7 Å². The van der Waals surface area contributed by atoms with Gasteiger partial charge in [0.2, 0.25) is 6.29 Å². The lowest BCUT2D eigenvalue weighted by molar-refractivity contribution is -0.239. The number of nitrogen functional groups attached to an aromatic ring is 1. The maximum absolute atomic E-state index is 12.7. The summed E-state index contributed by atoms with van der Waals surface area (Å²) in [6.45, 7) is -0.662. The molecule has 0 radical (unpaired) electrons. The second-order valence-electron chi connectivity index (χ2n) is 3.71. The van der Waals surface area contributed by atoms with E-state index in [0.717, 1.165) is 0 Å². The molecular formula is C9H14FN3O6. The van der Waals surface area contributed by atoms with Crippen molar-refractivity contribution < 1.29 is 29.6 Å².